The van der Waals surface area contributed by atoms with E-state index in [1.54, 1.807) is 0 Å². The van der Waals surface area contributed by atoms with Crippen LogP contribution in [0.1, 0.15) is 0 Å². The molecule has 3 N–H and O–H groups in total. The molecule has 0 aromatic rings. The van der Waals surface area contributed by atoms with E-state index in [4.69, 9.17) is 11.1 Å². The quantitative estimate of drug-likeness (QED) is 0.526. The van der Waals surface area contributed by atoms with Crippen molar-refractivity contribution < 1.29 is 14.3 Å². The number of nitrogens with one attached hydrogen (secondary N) is 1. The lowest BCUT2D eigenvalue weighted by molar-refractivity contribution is -0.118. The number of hydrogen-bond acceptors (Lipinski definition) is 5. The fourth-order valence-electron chi connectivity index (χ4n) is 0.852. The minimum Gasteiger partial charge on any atom is -0.492 e. The van der Waals surface area contributed by atoms with Gasteiger partial charge in [0.25, 0.3) is 0 Å². The van der Waals surface area contributed by atoms with Crippen molar-refractivity contribution in [3.8, 4) is 0 Å². The fourth-order valence-corrected chi connectivity index (χ4v) is 0.852. The molecule has 5 heteroatoms. The van der Waals surface area contributed by atoms with Gasteiger partial charge < -0.3 is 10.5 Å². The molecule has 0 amide bonds. The third-order valence-electron chi connectivity index (χ3n) is 1.58. The van der Waals surface area contributed by atoms with E-state index in [2.05, 4.69) is 4.74 Å². The predicted molar refractivity (Wildman–Crippen MR) is 40.8 cm³/mol. The van der Waals surface area contributed by atoms with Crippen molar-refractivity contribution in [2.24, 2.45) is 5.73 Å². The molecule has 0 aliphatic heterocycles. The van der Waals surface area contributed by atoms with E-state index in [9.17, 15) is 9.59 Å². The lowest BCUT2D eigenvalue weighted by atomic mass is 9.97. The van der Waals surface area contributed by atoms with Crippen LogP contribution in [0, 0.1) is 5.41 Å². The van der Waals surface area contributed by atoms with Crippen LogP contribution in [-0.2, 0) is 14.3 Å². The summed E-state index contributed by atoms with van der Waals surface area (Å²) in [5, 5.41) is 7.15. The molecule has 0 aromatic heterocycles. The van der Waals surface area contributed by atoms with Gasteiger partial charge in [0, 0.05) is 6.08 Å². The molecule has 12 heavy (non-hydrogen) atoms. The Hall–Kier alpha value is -1.49. The van der Waals surface area contributed by atoms with Gasteiger partial charge in [-0.3, -0.25) is 15.0 Å². The minimum atomic E-state index is -1.13. The van der Waals surface area contributed by atoms with Crippen molar-refractivity contribution in [1.29, 1.82) is 5.41 Å². The number of rotatable bonds is 1. The van der Waals surface area contributed by atoms with Crippen LogP contribution < -0.4 is 5.73 Å². The first-order valence-corrected chi connectivity index (χ1v) is 3.26. The number of ketones is 2. The molecule has 1 unspecified atom stereocenters. The van der Waals surface area contributed by atoms with E-state index in [1.165, 1.54) is 7.11 Å². The second-order valence-electron chi connectivity index (χ2n) is 2.34. The molecule has 64 valence electrons. The zero-order valence-corrected chi connectivity index (χ0v) is 6.46. The zero-order chi connectivity index (χ0) is 9.30. The molecule has 0 saturated carbocycles. The van der Waals surface area contributed by atoms with E-state index >= 15 is 0 Å². The zero-order valence-electron chi connectivity index (χ0n) is 6.46. The van der Waals surface area contributed by atoms with Crippen LogP contribution in [-0.4, -0.2) is 30.4 Å². The highest BCUT2D eigenvalue weighted by molar-refractivity contribution is 6.52. The highest BCUT2D eigenvalue weighted by atomic mass is 16.5. The number of hydrogen-bond donors (Lipinski definition) is 2. The van der Waals surface area contributed by atoms with Gasteiger partial charge in [0.2, 0.25) is 5.78 Å². The Morgan fingerprint density at radius 3 is 2.67 bits per heavy atom. The average Bonchev–Trinajstić information content (AvgIpc) is 2.08. The molecule has 0 radical (unpaired) electrons. The molecular formula is C7H8N2O3. The minimum absolute atomic E-state index is 0.119. The first kappa shape index (κ1) is 8.61. The molecule has 0 fully saturated rings. The summed E-state index contributed by atoms with van der Waals surface area (Å²) < 4.78 is 4.59. The van der Waals surface area contributed by atoms with Gasteiger partial charge in [0.1, 0.15) is 11.8 Å². The molecule has 0 saturated heterocycles. The third-order valence-corrected chi connectivity index (χ3v) is 1.58. The first-order valence-electron chi connectivity index (χ1n) is 3.26. The summed E-state index contributed by atoms with van der Waals surface area (Å²) >= 11 is 0. The molecule has 1 atom stereocenters. The highest BCUT2D eigenvalue weighted by Gasteiger charge is 2.31. The molecule has 5 nitrogen and oxygen atoms in total. The Kier molecular flexibility index (Phi) is 2.05. The Labute approximate surface area is 68.7 Å². The maximum absolute atomic E-state index is 11.1. The van der Waals surface area contributed by atoms with E-state index in [0.29, 0.717) is 0 Å². The average molecular weight is 168 g/mol. The molecular weight excluding hydrogens is 160 g/mol. The Morgan fingerprint density at radius 1 is 1.58 bits per heavy atom. The van der Waals surface area contributed by atoms with Gasteiger partial charge >= 0.3 is 0 Å². The molecule has 0 bridgehead atoms. The highest BCUT2D eigenvalue weighted by Crippen LogP contribution is 2.08. The summed E-state index contributed by atoms with van der Waals surface area (Å²) in [5.74, 6) is -1.22. The van der Waals surface area contributed by atoms with Crippen molar-refractivity contribution in [2.75, 3.05) is 7.11 Å². The van der Waals surface area contributed by atoms with Crippen molar-refractivity contribution in [1.82, 2.24) is 0 Å². The number of methoxy groups -OCH3 is 1. The SMILES string of the molecule is COC1=CC(=O)C(N)C(=N)C1=O. The Morgan fingerprint density at radius 2 is 2.17 bits per heavy atom. The number of nitrogens with two attached hydrogens (primary N) is 1. The van der Waals surface area contributed by atoms with Crippen molar-refractivity contribution in [3.05, 3.63) is 11.8 Å². The lowest BCUT2D eigenvalue weighted by Crippen LogP contribution is -2.45. The van der Waals surface area contributed by atoms with Gasteiger partial charge in [-0.1, -0.05) is 0 Å². The van der Waals surface area contributed by atoms with Crippen LogP contribution in [0.15, 0.2) is 11.8 Å². The molecule has 0 aromatic carbocycles. The van der Waals surface area contributed by atoms with E-state index in [1.807, 2.05) is 0 Å². The second-order valence-corrected chi connectivity index (χ2v) is 2.34. The maximum atomic E-state index is 11.1. The Bertz CT molecular complexity index is 293. The molecule has 0 spiro atoms. The van der Waals surface area contributed by atoms with Crippen LogP contribution in [0.5, 0.6) is 0 Å². The van der Waals surface area contributed by atoms with Crippen LogP contribution in [0.4, 0.5) is 0 Å². The van der Waals surface area contributed by atoms with Gasteiger partial charge in [0.15, 0.2) is 11.5 Å². The second kappa shape index (κ2) is 2.86. The largest absolute Gasteiger partial charge is 0.492 e. The van der Waals surface area contributed by atoms with E-state index in [0.717, 1.165) is 6.08 Å². The standard InChI is InChI=1S/C7H8N2O3/c1-12-4-2-3(10)5(8)6(9)7(4)11/h2,5,9H,8H2,1H3. The number of ether oxygens (including phenoxy) is 1. The lowest BCUT2D eigenvalue weighted by Gasteiger charge is -2.15. The monoisotopic (exact) mass is 168 g/mol. The number of carbonyl (C=O) groups is 2. The molecule has 0 heterocycles. The maximum Gasteiger partial charge on any atom is 0.243 e. The third kappa shape index (κ3) is 1.14. The molecule has 1 aliphatic carbocycles. The van der Waals surface area contributed by atoms with Gasteiger partial charge in [-0.15, -0.1) is 0 Å². The summed E-state index contributed by atoms with van der Waals surface area (Å²) in [4.78, 5) is 22.0. The molecule has 1 rings (SSSR count). The van der Waals surface area contributed by atoms with Crippen molar-refractivity contribution >= 4 is 17.3 Å². The number of allylic oxidation sites excluding steroid dienone is 1. The van der Waals surface area contributed by atoms with E-state index in [-0.39, 0.29) is 5.76 Å². The summed E-state index contributed by atoms with van der Waals surface area (Å²) in [6, 6.07) is -1.13. The predicted octanol–water partition coefficient (Wildman–Crippen LogP) is -0.984. The van der Waals surface area contributed by atoms with Crippen LogP contribution in [0.25, 0.3) is 0 Å². The van der Waals surface area contributed by atoms with Gasteiger partial charge in [-0.05, 0) is 0 Å². The van der Waals surface area contributed by atoms with Crippen molar-refractivity contribution in [3.63, 3.8) is 0 Å². The van der Waals surface area contributed by atoms with Crippen molar-refractivity contribution in [2.45, 2.75) is 6.04 Å². The van der Waals surface area contributed by atoms with E-state index < -0.39 is 23.3 Å². The normalized spacial score (nSPS) is 24.0. The van der Waals surface area contributed by atoms with Crippen LogP contribution in [0.3, 0.4) is 0 Å². The van der Waals surface area contributed by atoms with Gasteiger partial charge in [-0.25, -0.2) is 0 Å². The summed E-state index contributed by atoms with van der Waals surface area (Å²) in [6.45, 7) is 0. The van der Waals surface area contributed by atoms with Crippen LogP contribution in [0.2, 0.25) is 0 Å². The van der Waals surface area contributed by atoms with Gasteiger partial charge in [-0.2, -0.15) is 0 Å². The van der Waals surface area contributed by atoms with Gasteiger partial charge in [0.05, 0.1) is 7.11 Å². The smallest absolute Gasteiger partial charge is 0.243 e. The first-order chi connectivity index (χ1) is 5.57. The topological polar surface area (TPSA) is 93.2 Å². The Balaban J connectivity index is 3.08. The summed E-state index contributed by atoms with van der Waals surface area (Å²) in [5.41, 5.74) is 4.82. The summed E-state index contributed by atoms with van der Waals surface area (Å²) in [7, 11) is 1.27. The number of Topliss-reactive ketones (excluding diaryl/α,β-unsaturated/α-hetero) is 1. The number of carbonyl (C=O) groups excluding carboxylic acids is 2. The summed E-state index contributed by atoms with van der Waals surface area (Å²) in [6.07, 6.45) is 1.02. The molecule has 1 aliphatic rings. The fraction of sp³-hybridized carbons (Fsp3) is 0.286. The van der Waals surface area contributed by atoms with Crippen LogP contribution >= 0.6 is 0 Å².